The Bertz CT molecular complexity index is 57.5. The topological polar surface area (TPSA) is 0 Å². The van der Waals surface area contributed by atoms with E-state index in [2.05, 4.69) is 27.7 Å². The van der Waals surface area contributed by atoms with Gasteiger partial charge in [-0.05, 0) is 11.8 Å². The zero-order chi connectivity index (χ0) is 7.28. The molecule has 0 aromatic carbocycles. The normalized spacial score (nSPS) is 10.2. The Morgan fingerprint density at radius 3 is 1.40 bits per heavy atom. The summed E-state index contributed by atoms with van der Waals surface area (Å²) in [6.07, 6.45) is 4.21. The molecular weight excluding hydrogens is 132 g/mol. The minimum atomic E-state index is 0. The first-order chi connectivity index (χ1) is 4.13. The molecule has 1 heteroatoms. The summed E-state index contributed by atoms with van der Waals surface area (Å²) in [6, 6.07) is 0. The third-order valence-electron chi connectivity index (χ3n) is 1.56. The summed E-state index contributed by atoms with van der Waals surface area (Å²) < 4.78 is 0. The zero-order valence-corrected chi connectivity index (χ0v) is 9.40. The summed E-state index contributed by atoms with van der Waals surface area (Å²) in [4.78, 5) is 0. The SMILES string of the molecule is CC(C)CCCC(C)C.[H-].[H-].[Mg+2]. The standard InChI is InChI=1S/C9H20.Mg.2H/c1-8(2)6-5-7-9(3)4;;;/h8-9H,5-7H2,1-4H3;;;/q;+2;2*-1. The molecule has 0 aliphatic rings. The summed E-state index contributed by atoms with van der Waals surface area (Å²) >= 11 is 0. The largest absolute Gasteiger partial charge is 2.00 e. The second-order valence-corrected chi connectivity index (χ2v) is 3.72. The average molecular weight is 155 g/mol. The molecule has 0 unspecified atom stereocenters. The molecular formula is C9H22Mg. The van der Waals surface area contributed by atoms with Crippen molar-refractivity contribution in [3.05, 3.63) is 0 Å². The molecule has 0 N–H and O–H groups in total. The van der Waals surface area contributed by atoms with Crippen LogP contribution in [0.3, 0.4) is 0 Å². The van der Waals surface area contributed by atoms with Crippen molar-refractivity contribution in [2.75, 3.05) is 0 Å². The van der Waals surface area contributed by atoms with Crippen LogP contribution in [-0.2, 0) is 0 Å². The molecule has 0 aliphatic heterocycles. The fraction of sp³-hybridized carbons (Fsp3) is 1.00. The molecule has 0 heterocycles. The molecule has 0 rings (SSSR count). The van der Waals surface area contributed by atoms with Crippen LogP contribution < -0.4 is 0 Å². The minimum Gasteiger partial charge on any atom is -1.00 e. The molecule has 0 nitrogen and oxygen atoms in total. The Morgan fingerprint density at radius 2 is 1.20 bits per heavy atom. The van der Waals surface area contributed by atoms with E-state index in [0.29, 0.717) is 0 Å². The van der Waals surface area contributed by atoms with Crippen molar-refractivity contribution in [2.24, 2.45) is 11.8 Å². The molecule has 0 amide bonds. The van der Waals surface area contributed by atoms with Crippen molar-refractivity contribution in [2.45, 2.75) is 47.0 Å². The van der Waals surface area contributed by atoms with E-state index in [1.165, 1.54) is 19.3 Å². The molecule has 0 aromatic rings. The third kappa shape index (κ3) is 11.5. The summed E-state index contributed by atoms with van der Waals surface area (Å²) in [5.41, 5.74) is 0. The monoisotopic (exact) mass is 154 g/mol. The predicted molar refractivity (Wildman–Crippen MR) is 51.5 cm³/mol. The molecule has 0 spiro atoms. The second kappa shape index (κ2) is 7.87. The summed E-state index contributed by atoms with van der Waals surface area (Å²) in [7, 11) is 0. The smallest absolute Gasteiger partial charge is 1.00 e. The van der Waals surface area contributed by atoms with Gasteiger partial charge in [-0.1, -0.05) is 47.0 Å². The predicted octanol–water partition coefficient (Wildman–Crippen LogP) is 3.31. The Labute approximate surface area is 84.9 Å². The van der Waals surface area contributed by atoms with Crippen LogP contribution >= 0.6 is 0 Å². The first-order valence-electron chi connectivity index (χ1n) is 4.13. The van der Waals surface area contributed by atoms with Crippen molar-refractivity contribution in [3.8, 4) is 0 Å². The van der Waals surface area contributed by atoms with Crippen LogP contribution in [-0.4, -0.2) is 23.1 Å². The van der Waals surface area contributed by atoms with Gasteiger partial charge in [0.05, 0.1) is 0 Å². The maximum Gasteiger partial charge on any atom is 2.00 e. The van der Waals surface area contributed by atoms with E-state index in [-0.39, 0.29) is 25.9 Å². The van der Waals surface area contributed by atoms with Gasteiger partial charge in [0.1, 0.15) is 0 Å². The Kier molecular flexibility index (Phi) is 10.5. The van der Waals surface area contributed by atoms with Crippen LogP contribution in [0.1, 0.15) is 49.8 Å². The second-order valence-electron chi connectivity index (χ2n) is 3.72. The van der Waals surface area contributed by atoms with Gasteiger partial charge in [0.25, 0.3) is 0 Å². The molecule has 60 valence electrons. The summed E-state index contributed by atoms with van der Waals surface area (Å²) in [5.74, 6) is 1.78. The first-order valence-corrected chi connectivity index (χ1v) is 4.13. The van der Waals surface area contributed by atoms with E-state index in [0.717, 1.165) is 11.8 Å². The number of hydrogen-bond acceptors (Lipinski definition) is 0. The molecule has 0 atom stereocenters. The van der Waals surface area contributed by atoms with Crippen molar-refractivity contribution >= 4 is 23.1 Å². The van der Waals surface area contributed by atoms with Gasteiger partial charge in [0, 0.05) is 0 Å². The minimum absolute atomic E-state index is 0. The van der Waals surface area contributed by atoms with Crippen LogP contribution in [0.5, 0.6) is 0 Å². The Balaban J connectivity index is -0.000000107. The Hall–Kier alpha value is 0.766. The van der Waals surface area contributed by atoms with Crippen LogP contribution in [0.15, 0.2) is 0 Å². The molecule has 0 aromatic heterocycles. The van der Waals surface area contributed by atoms with Gasteiger partial charge < -0.3 is 2.85 Å². The zero-order valence-electron chi connectivity index (χ0n) is 9.98. The maximum atomic E-state index is 2.29. The molecule has 0 radical (unpaired) electrons. The Morgan fingerprint density at radius 1 is 0.900 bits per heavy atom. The van der Waals surface area contributed by atoms with Gasteiger partial charge in [-0.15, -0.1) is 0 Å². The van der Waals surface area contributed by atoms with E-state index in [4.69, 9.17) is 0 Å². The van der Waals surface area contributed by atoms with Crippen molar-refractivity contribution in [1.82, 2.24) is 0 Å². The average Bonchev–Trinajstić information content (AvgIpc) is 1.63. The molecule has 0 fully saturated rings. The maximum absolute atomic E-state index is 2.29. The molecule has 10 heavy (non-hydrogen) atoms. The van der Waals surface area contributed by atoms with Gasteiger partial charge in [-0.3, -0.25) is 0 Å². The van der Waals surface area contributed by atoms with Gasteiger partial charge in [-0.2, -0.15) is 0 Å². The molecule has 0 aliphatic carbocycles. The van der Waals surface area contributed by atoms with Gasteiger partial charge in [0.15, 0.2) is 0 Å². The number of hydrogen-bond donors (Lipinski definition) is 0. The van der Waals surface area contributed by atoms with Crippen LogP contribution in [0.2, 0.25) is 0 Å². The van der Waals surface area contributed by atoms with Gasteiger partial charge >= 0.3 is 23.1 Å². The fourth-order valence-corrected chi connectivity index (χ4v) is 0.934. The van der Waals surface area contributed by atoms with Crippen LogP contribution in [0.25, 0.3) is 0 Å². The van der Waals surface area contributed by atoms with Crippen molar-refractivity contribution < 1.29 is 2.85 Å². The number of rotatable bonds is 4. The van der Waals surface area contributed by atoms with E-state index >= 15 is 0 Å². The van der Waals surface area contributed by atoms with Crippen molar-refractivity contribution in [3.63, 3.8) is 0 Å². The molecule has 0 bridgehead atoms. The van der Waals surface area contributed by atoms with Gasteiger partial charge in [-0.25, -0.2) is 0 Å². The van der Waals surface area contributed by atoms with E-state index in [1.807, 2.05) is 0 Å². The van der Waals surface area contributed by atoms with E-state index < -0.39 is 0 Å². The molecule has 0 saturated carbocycles. The van der Waals surface area contributed by atoms with E-state index in [1.54, 1.807) is 0 Å². The van der Waals surface area contributed by atoms with Gasteiger partial charge in [0.2, 0.25) is 0 Å². The van der Waals surface area contributed by atoms with E-state index in [9.17, 15) is 0 Å². The van der Waals surface area contributed by atoms with Crippen LogP contribution in [0, 0.1) is 11.8 Å². The van der Waals surface area contributed by atoms with Crippen LogP contribution in [0.4, 0.5) is 0 Å². The van der Waals surface area contributed by atoms with Crippen molar-refractivity contribution in [1.29, 1.82) is 0 Å². The summed E-state index contributed by atoms with van der Waals surface area (Å²) in [6.45, 7) is 9.17. The quantitative estimate of drug-likeness (QED) is 0.545. The molecule has 0 saturated heterocycles. The summed E-state index contributed by atoms with van der Waals surface area (Å²) in [5, 5.41) is 0. The first kappa shape index (κ1) is 13.4. The fourth-order valence-electron chi connectivity index (χ4n) is 0.934. The third-order valence-corrected chi connectivity index (χ3v) is 1.56.